The molecule has 0 amide bonds. The highest BCUT2D eigenvalue weighted by Gasteiger charge is 2.28. The van der Waals surface area contributed by atoms with E-state index in [2.05, 4.69) is 15.9 Å². The van der Waals surface area contributed by atoms with E-state index in [0.717, 1.165) is 14.0 Å². The third kappa shape index (κ3) is 3.97. The summed E-state index contributed by atoms with van der Waals surface area (Å²) in [6.07, 6.45) is 1.37. The predicted octanol–water partition coefficient (Wildman–Crippen LogP) is 4.10. The molecule has 29 heavy (non-hydrogen) atoms. The van der Waals surface area contributed by atoms with Crippen LogP contribution in [0.15, 0.2) is 69.7 Å². The molecule has 0 spiro atoms. The lowest BCUT2D eigenvalue weighted by Crippen LogP contribution is -2.20. The number of fused-ring (bicyclic) bond motifs is 1. The Morgan fingerprint density at radius 1 is 1.14 bits per heavy atom. The zero-order valence-corrected chi connectivity index (χ0v) is 18.5. The van der Waals surface area contributed by atoms with Crippen LogP contribution in [0.3, 0.4) is 0 Å². The van der Waals surface area contributed by atoms with E-state index in [1.807, 2.05) is 13.0 Å². The van der Waals surface area contributed by atoms with E-state index >= 15 is 0 Å². The van der Waals surface area contributed by atoms with Gasteiger partial charge in [0.2, 0.25) is 5.78 Å². The van der Waals surface area contributed by atoms with E-state index < -0.39 is 15.8 Å². The third-order valence-electron chi connectivity index (χ3n) is 4.26. The first kappa shape index (κ1) is 20.8. The number of allylic oxidation sites excluding steroid dienone is 1. The lowest BCUT2D eigenvalue weighted by Gasteiger charge is -2.12. The van der Waals surface area contributed by atoms with Crippen molar-refractivity contribution in [2.75, 3.05) is 14.1 Å². The molecule has 0 saturated heterocycles. The first-order valence-corrected chi connectivity index (χ1v) is 10.8. The van der Waals surface area contributed by atoms with Crippen LogP contribution < -0.4 is 0 Å². The first-order chi connectivity index (χ1) is 13.6. The summed E-state index contributed by atoms with van der Waals surface area (Å²) in [7, 11) is -0.706. The largest absolute Gasteiger partial charge is 0.382 e. The number of carbonyl (C=O) groups excluding carboxylic acids is 1. The summed E-state index contributed by atoms with van der Waals surface area (Å²) < 4.78 is 28.7. The molecule has 3 aromatic rings. The molecule has 3 rings (SSSR count). The summed E-state index contributed by atoms with van der Waals surface area (Å²) >= 11 is 3.37. The number of Topliss-reactive ketones (excluding diaryl/α,β-unsaturated/α-hetero) is 1. The molecular formula is C21H18BrN3O3S. The van der Waals surface area contributed by atoms with E-state index in [4.69, 9.17) is 0 Å². The highest BCUT2D eigenvalue weighted by atomic mass is 79.9. The molecule has 6 nitrogen and oxygen atoms in total. The Bertz CT molecular complexity index is 1280. The van der Waals surface area contributed by atoms with Crippen LogP contribution in [0.5, 0.6) is 0 Å². The van der Waals surface area contributed by atoms with Gasteiger partial charge in [0.25, 0.3) is 10.0 Å². The number of hydrogen-bond donors (Lipinski definition) is 0. The van der Waals surface area contributed by atoms with Crippen LogP contribution in [0, 0.1) is 18.3 Å². The molecule has 0 bridgehead atoms. The van der Waals surface area contributed by atoms with Crippen molar-refractivity contribution in [3.63, 3.8) is 0 Å². The normalized spacial score (nSPS) is 12.0. The molecule has 1 aromatic heterocycles. The number of halogens is 1. The zero-order valence-electron chi connectivity index (χ0n) is 16.0. The Kier molecular flexibility index (Phi) is 5.64. The van der Waals surface area contributed by atoms with Gasteiger partial charge in [0.15, 0.2) is 0 Å². The number of nitriles is 1. The van der Waals surface area contributed by atoms with Crippen LogP contribution >= 0.6 is 15.9 Å². The maximum Gasteiger partial charge on any atom is 0.268 e. The highest BCUT2D eigenvalue weighted by Crippen LogP contribution is 2.29. The average Bonchev–Trinajstić information content (AvgIpc) is 3.05. The summed E-state index contributed by atoms with van der Waals surface area (Å²) in [4.78, 5) is 14.7. The van der Waals surface area contributed by atoms with Crippen LogP contribution in [0.4, 0.5) is 0 Å². The number of aryl methyl sites for hydroxylation is 1. The minimum absolute atomic E-state index is 0.0627. The van der Waals surface area contributed by atoms with Crippen LogP contribution in [-0.4, -0.2) is 37.2 Å². The maximum atomic E-state index is 13.4. The highest BCUT2D eigenvalue weighted by molar-refractivity contribution is 9.10. The van der Waals surface area contributed by atoms with Crippen molar-refractivity contribution in [1.29, 1.82) is 5.26 Å². The molecule has 0 fully saturated rings. The molecule has 0 radical (unpaired) electrons. The SMILES string of the molecule is Cc1ccc(S(=O)(=O)n2c(C(=O)/C(C#N)=C/N(C)C)cc3cc(Br)ccc32)cc1. The third-order valence-corrected chi connectivity index (χ3v) is 6.50. The van der Waals surface area contributed by atoms with Crippen molar-refractivity contribution in [2.24, 2.45) is 0 Å². The molecule has 0 N–H and O–H groups in total. The number of benzene rings is 2. The smallest absolute Gasteiger partial charge is 0.268 e. The molecule has 0 saturated carbocycles. The molecule has 0 aliphatic heterocycles. The second-order valence-corrected chi connectivity index (χ2v) is 9.46. The van der Waals surface area contributed by atoms with Gasteiger partial charge in [-0.2, -0.15) is 5.26 Å². The van der Waals surface area contributed by atoms with Gasteiger partial charge in [-0.3, -0.25) is 4.79 Å². The minimum atomic E-state index is -4.07. The monoisotopic (exact) mass is 471 g/mol. The summed E-state index contributed by atoms with van der Waals surface area (Å²) in [5.74, 6) is -0.663. The standard InChI is InChI=1S/C21H18BrN3O3S/c1-14-4-7-18(8-5-14)29(27,28)25-19-9-6-17(22)10-15(19)11-20(25)21(26)16(12-23)13-24(2)3/h4-11,13H,1-3H3/b16-13+. The quantitative estimate of drug-likeness (QED) is 0.317. The van der Waals surface area contributed by atoms with Crippen molar-refractivity contribution in [3.8, 4) is 6.07 Å². The molecule has 1 heterocycles. The zero-order chi connectivity index (χ0) is 21.3. The summed E-state index contributed by atoms with van der Waals surface area (Å²) in [5.41, 5.74) is 1.03. The Morgan fingerprint density at radius 2 is 1.79 bits per heavy atom. The van der Waals surface area contributed by atoms with Crippen LogP contribution in [0.25, 0.3) is 10.9 Å². The number of nitrogens with zero attached hydrogens (tertiary/aromatic N) is 3. The van der Waals surface area contributed by atoms with Gasteiger partial charge in [0, 0.05) is 30.2 Å². The Hall–Kier alpha value is -2.89. The first-order valence-electron chi connectivity index (χ1n) is 8.61. The number of aromatic nitrogens is 1. The fourth-order valence-electron chi connectivity index (χ4n) is 2.93. The molecule has 2 aromatic carbocycles. The van der Waals surface area contributed by atoms with E-state index in [1.54, 1.807) is 49.3 Å². The van der Waals surface area contributed by atoms with Crippen molar-refractivity contribution in [3.05, 3.63) is 76.0 Å². The van der Waals surface area contributed by atoms with Gasteiger partial charge in [-0.25, -0.2) is 12.4 Å². The Morgan fingerprint density at radius 3 is 2.38 bits per heavy atom. The number of ketones is 1. The Balaban J connectivity index is 2.33. The van der Waals surface area contributed by atoms with E-state index in [1.165, 1.54) is 24.4 Å². The summed E-state index contributed by atoms with van der Waals surface area (Å²) in [6.45, 7) is 1.86. The summed E-state index contributed by atoms with van der Waals surface area (Å²) in [6, 6.07) is 14.8. The Labute approximate surface area is 177 Å². The van der Waals surface area contributed by atoms with Crippen molar-refractivity contribution in [1.82, 2.24) is 8.87 Å². The van der Waals surface area contributed by atoms with Crippen LogP contribution in [-0.2, 0) is 10.0 Å². The summed E-state index contributed by atoms with van der Waals surface area (Å²) in [5, 5.41) is 10.0. The fourth-order valence-corrected chi connectivity index (χ4v) is 4.82. The number of carbonyl (C=O) groups is 1. The van der Waals surface area contributed by atoms with E-state index in [-0.39, 0.29) is 16.2 Å². The lowest BCUT2D eigenvalue weighted by atomic mass is 10.1. The molecule has 0 aliphatic rings. The lowest BCUT2D eigenvalue weighted by molar-refractivity contribution is 0.103. The predicted molar refractivity (Wildman–Crippen MR) is 115 cm³/mol. The molecule has 0 unspecified atom stereocenters. The van der Waals surface area contributed by atoms with Crippen LogP contribution in [0.2, 0.25) is 0 Å². The topological polar surface area (TPSA) is 83.2 Å². The van der Waals surface area contributed by atoms with Gasteiger partial charge < -0.3 is 4.90 Å². The van der Waals surface area contributed by atoms with Crippen LogP contribution in [0.1, 0.15) is 16.1 Å². The minimum Gasteiger partial charge on any atom is -0.382 e. The fraction of sp³-hybridized carbons (Fsp3) is 0.143. The molecule has 0 aliphatic carbocycles. The molecule has 148 valence electrons. The van der Waals surface area contributed by atoms with Gasteiger partial charge in [0.05, 0.1) is 10.4 Å². The number of hydrogen-bond acceptors (Lipinski definition) is 5. The molecule has 8 heteroatoms. The molecular weight excluding hydrogens is 454 g/mol. The van der Waals surface area contributed by atoms with Crippen molar-refractivity contribution < 1.29 is 13.2 Å². The maximum absolute atomic E-state index is 13.4. The average molecular weight is 472 g/mol. The molecule has 0 atom stereocenters. The van der Waals surface area contributed by atoms with Gasteiger partial charge in [-0.15, -0.1) is 0 Å². The van der Waals surface area contributed by atoms with Gasteiger partial charge in [0.1, 0.15) is 17.3 Å². The van der Waals surface area contributed by atoms with Gasteiger partial charge >= 0.3 is 0 Å². The van der Waals surface area contributed by atoms with Gasteiger partial charge in [-0.1, -0.05) is 33.6 Å². The van der Waals surface area contributed by atoms with Crippen molar-refractivity contribution in [2.45, 2.75) is 11.8 Å². The number of rotatable bonds is 5. The van der Waals surface area contributed by atoms with E-state index in [0.29, 0.717) is 10.9 Å². The second-order valence-electron chi connectivity index (χ2n) is 6.76. The van der Waals surface area contributed by atoms with Crippen molar-refractivity contribution >= 4 is 42.6 Å². The second kappa shape index (κ2) is 7.85. The van der Waals surface area contributed by atoms with E-state index in [9.17, 15) is 18.5 Å². The van der Waals surface area contributed by atoms with Gasteiger partial charge in [-0.05, 0) is 43.3 Å².